The van der Waals surface area contributed by atoms with Gasteiger partial charge < -0.3 is 5.32 Å². The van der Waals surface area contributed by atoms with E-state index in [-0.39, 0.29) is 0 Å². The quantitative estimate of drug-likeness (QED) is 0.811. The zero-order chi connectivity index (χ0) is 11.9. The lowest BCUT2D eigenvalue weighted by molar-refractivity contribution is 0.950. The van der Waals surface area contributed by atoms with Crippen LogP contribution in [-0.4, -0.2) is 26.7 Å². The Bertz CT molecular complexity index is 445. The van der Waals surface area contributed by atoms with Crippen molar-refractivity contribution in [2.75, 3.05) is 11.9 Å². The Morgan fingerprint density at radius 3 is 2.88 bits per heavy atom. The van der Waals surface area contributed by atoms with Crippen molar-refractivity contribution in [1.29, 1.82) is 0 Å². The summed E-state index contributed by atoms with van der Waals surface area (Å²) in [5.41, 5.74) is 0. The molecule has 2 rings (SSSR count). The monoisotopic (exact) mass is 267 g/mol. The van der Waals surface area contributed by atoms with Crippen LogP contribution in [0.1, 0.15) is 19.2 Å². The number of thioether (sulfide) groups is 1. The molecule has 17 heavy (non-hydrogen) atoms. The van der Waals surface area contributed by atoms with Crippen molar-refractivity contribution in [1.82, 2.24) is 20.2 Å². The predicted molar refractivity (Wildman–Crippen MR) is 70.3 cm³/mol. The fourth-order valence-electron chi connectivity index (χ4n) is 1.10. The summed E-state index contributed by atoms with van der Waals surface area (Å²) < 4.78 is 0.941. The van der Waals surface area contributed by atoms with Gasteiger partial charge in [0.2, 0.25) is 5.13 Å². The van der Waals surface area contributed by atoms with Gasteiger partial charge in [-0.1, -0.05) is 30.0 Å². The van der Waals surface area contributed by atoms with Crippen LogP contribution in [0.2, 0.25) is 0 Å². The summed E-state index contributed by atoms with van der Waals surface area (Å²) in [4.78, 5) is 8.32. The largest absolute Gasteiger partial charge is 0.360 e. The fourth-order valence-corrected chi connectivity index (χ4v) is 2.75. The maximum Gasteiger partial charge on any atom is 0.206 e. The third-order valence-electron chi connectivity index (χ3n) is 1.88. The van der Waals surface area contributed by atoms with E-state index < -0.39 is 0 Å². The molecule has 5 nitrogen and oxygen atoms in total. The highest BCUT2D eigenvalue weighted by molar-refractivity contribution is 8.00. The van der Waals surface area contributed by atoms with E-state index in [1.54, 1.807) is 35.5 Å². The Kier molecular flexibility index (Phi) is 4.69. The Hall–Kier alpha value is -1.21. The molecule has 0 aliphatic heterocycles. The van der Waals surface area contributed by atoms with Gasteiger partial charge in [0.25, 0.3) is 0 Å². The third kappa shape index (κ3) is 3.94. The highest BCUT2D eigenvalue weighted by Gasteiger charge is 2.05. The summed E-state index contributed by atoms with van der Waals surface area (Å²) in [6, 6.07) is 1.81. The summed E-state index contributed by atoms with van der Waals surface area (Å²) in [6.07, 6.45) is 4.58. The van der Waals surface area contributed by atoms with Gasteiger partial charge in [0.05, 0.1) is 5.75 Å². The molecule has 0 radical (unpaired) electrons. The van der Waals surface area contributed by atoms with Crippen LogP contribution in [-0.2, 0) is 5.75 Å². The van der Waals surface area contributed by atoms with Crippen LogP contribution in [0.3, 0.4) is 0 Å². The van der Waals surface area contributed by atoms with Crippen molar-refractivity contribution in [3.8, 4) is 0 Å². The van der Waals surface area contributed by atoms with E-state index in [0.717, 1.165) is 34.0 Å². The molecular weight excluding hydrogens is 254 g/mol. The normalized spacial score (nSPS) is 10.4. The zero-order valence-electron chi connectivity index (χ0n) is 9.46. The highest BCUT2D eigenvalue weighted by atomic mass is 32.2. The van der Waals surface area contributed by atoms with Gasteiger partial charge in [-0.3, -0.25) is 0 Å². The van der Waals surface area contributed by atoms with Crippen LogP contribution in [0.4, 0.5) is 5.13 Å². The molecule has 0 unspecified atom stereocenters. The Labute approximate surface area is 108 Å². The van der Waals surface area contributed by atoms with Crippen molar-refractivity contribution in [2.24, 2.45) is 0 Å². The molecule has 0 bridgehead atoms. The first kappa shape index (κ1) is 12.3. The van der Waals surface area contributed by atoms with Crippen LogP contribution in [0, 0.1) is 0 Å². The van der Waals surface area contributed by atoms with Gasteiger partial charge >= 0.3 is 0 Å². The van der Waals surface area contributed by atoms with Crippen molar-refractivity contribution >= 4 is 28.2 Å². The molecule has 2 aromatic rings. The minimum absolute atomic E-state index is 0.725. The van der Waals surface area contributed by atoms with Crippen LogP contribution in [0.15, 0.2) is 22.8 Å². The number of anilines is 1. The second-order valence-electron chi connectivity index (χ2n) is 3.25. The Morgan fingerprint density at radius 1 is 1.29 bits per heavy atom. The number of aromatic nitrogens is 4. The van der Waals surface area contributed by atoms with Gasteiger partial charge in [0.15, 0.2) is 4.34 Å². The van der Waals surface area contributed by atoms with E-state index in [1.807, 2.05) is 6.07 Å². The maximum absolute atomic E-state index is 4.16. The van der Waals surface area contributed by atoms with E-state index in [0.29, 0.717) is 0 Å². The SMILES string of the molecule is CCCNc1nnc(SCc2ncccn2)s1. The van der Waals surface area contributed by atoms with Crippen LogP contribution in [0.5, 0.6) is 0 Å². The lowest BCUT2D eigenvalue weighted by Gasteiger charge is -1.96. The van der Waals surface area contributed by atoms with E-state index in [1.165, 1.54) is 0 Å². The molecular formula is C10H13N5S2. The van der Waals surface area contributed by atoms with Crippen LogP contribution in [0.25, 0.3) is 0 Å². The highest BCUT2D eigenvalue weighted by Crippen LogP contribution is 2.27. The first-order valence-electron chi connectivity index (χ1n) is 5.34. The minimum atomic E-state index is 0.725. The smallest absolute Gasteiger partial charge is 0.206 e. The lowest BCUT2D eigenvalue weighted by Crippen LogP contribution is -1.98. The van der Waals surface area contributed by atoms with E-state index in [2.05, 4.69) is 32.4 Å². The maximum atomic E-state index is 4.16. The van der Waals surface area contributed by atoms with Crippen molar-refractivity contribution < 1.29 is 0 Å². The summed E-state index contributed by atoms with van der Waals surface area (Å²) in [5, 5.41) is 12.3. The van der Waals surface area contributed by atoms with Crippen molar-refractivity contribution in [3.05, 3.63) is 24.3 Å². The van der Waals surface area contributed by atoms with Gasteiger partial charge in [-0.25, -0.2) is 9.97 Å². The number of hydrogen-bond donors (Lipinski definition) is 1. The molecule has 0 fully saturated rings. The molecule has 2 aromatic heterocycles. The van der Waals surface area contributed by atoms with Gasteiger partial charge in [0.1, 0.15) is 5.82 Å². The molecule has 2 heterocycles. The van der Waals surface area contributed by atoms with Gasteiger partial charge in [-0.15, -0.1) is 10.2 Å². The molecule has 0 amide bonds. The predicted octanol–water partition coefficient (Wildman–Crippen LogP) is 2.44. The topological polar surface area (TPSA) is 63.6 Å². The average molecular weight is 267 g/mol. The zero-order valence-corrected chi connectivity index (χ0v) is 11.1. The number of hydrogen-bond acceptors (Lipinski definition) is 7. The van der Waals surface area contributed by atoms with Crippen molar-refractivity contribution in [3.63, 3.8) is 0 Å². The molecule has 0 saturated heterocycles. The molecule has 0 aromatic carbocycles. The van der Waals surface area contributed by atoms with Gasteiger partial charge in [-0.2, -0.15) is 0 Å². The van der Waals surface area contributed by atoms with Gasteiger partial charge in [0, 0.05) is 18.9 Å². The van der Waals surface area contributed by atoms with E-state index in [4.69, 9.17) is 0 Å². The third-order valence-corrected chi connectivity index (χ3v) is 3.89. The lowest BCUT2D eigenvalue weighted by atomic mass is 10.5. The fraction of sp³-hybridized carbons (Fsp3) is 0.400. The van der Waals surface area contributed by atoms with E-state index in [9.17, 15) is 0 Å². The minimum Gasteiger partial charge on any atom is -0.360 e. The second kappa shape index (κ2) is 6.51. The van der Waals surface area contributed by atoms with Crippen molar-refractivity contribution in [2.45, 2.75) is 23.4 Å². The van der Waals surface area contributed by atoms with Gasteiger partial charge in [-0.05, 0) is 12.5 Å². The van der Waals surface area contributed by atoms with Crippen LogP contribution >= 0.6 is 23.1 Å². The molecule has 0 saturated carbocycles. The molecule has 0 aliphatic carbocycles. The molecule has 90 valence electrons. The molecule has 7 heteroatoms. The number of rotatable bonds is 6. The first-order chi connectivity index (χ1) is 8.38. The van der Waals surface area contributed by atoms with Crippen LogP contribution < -0.4 is 5.32 Å². The standard InChI is InChI=1S/C10H13N5S2/c1-2-4-13-9-14-15-10(17-9)16-7-8-11-5-3-6-12-8/h3,5-6H,2,4,7H2,1H3,(H,13,14). The Balaban J connectivity index is 1.85. The second-order valence-corrected chi connectivity index (χ2v) is 5.45. The Morgan fingerprint density at radius 2 is 2.12 bits per heavy atom. The first-order valence-corrected chi connectivity index (χ1v) is 7.14. The molecule has 0 atom stereocenters. The molecule has 1 N–H and O–H groups in total. The summed E-state index contributed by atoms with van der Waals surface area (Å²) >= 11 is 3.17. The number of nitrogens with one attached hydrogen (secondary N) is 1. The number of nitrogens with zero attached hydrogens (tertiary/aromatic N) is 4. The average Bonchev–Trinajstić information content (AvgIpc) is 2.83. The summed E-state index contributed by atoms with van der Waals surface area (Å²) in [6.45, 7) is 3.05. The summed E-state index contributed by atoms with van der Waals surface area (Å²) in [7, 11) is 0. The summed E-state index contributed by atoms with van der Waals surface area (Å²) in [5.74, 6) is 1.54. The molecule has 0 aliphatic rings. The van der Waals surface area contributed by atoms with E-state index >= 15 is 0 Å². The molecule has 0 spiro atoms.